The van der Waals surface area contributed by atoms with Crippen LogP contribution in [-0.2, 0) is 11.3 Å². The average Bonchev–Trinajstić information content (AvgIpc) is 2.46. The van der Waals surface area contributed by atoms with Crippen LogP contribution >= 0.6 is 0 Å². The highest BCUT2D eigenvalue weighted by Crippen LogP contribution is 2.01. The van der Waals surface area contributed by atoms with E-state index < -0.39 is 0 Å². The highest BCUT2D eigenvalue weighted by Gasteiger charge is 2.22. The summed E-state index contributed by atoms with van der Waals surface area (Å²) in [5.74, 6) is 0.0718. The van der Waals surface area contributed by atoms with Gasteiger partial charge in [0, 0.05) is 32.4 Å². The van der Waals surface area contributed by atoms with Crippen molar-refractivity contribution in [3.63, 3.8) is 0 Å². The maximum absolute atomic E-state index is 12.0. The van der Waals surface area contributed by atoms with Crippen LogP contribution in [0.5, 0.6) is 0 Å². The van der Waals surface area contributed by atoms with E-state index in [2.05, 4.69) is 20.5 Å². The lowest BCUT2D eigenvalue weighted by atomic mass is 10.2. The molecule has 2 rings (SSSR count). The van der Waals surface area contributed by atoms with Gasteiger partial charge in [0.05, 0.1) is 18.3 Å². The second-order valence-electron chi connectivity index (χ2n) is 4.50. The molecule has 1 aromatic rings. The molecule has 1 saturated heterocycles. The SMILES string of the molecule is CC(C(=O)NCc1ccccn1)N1CCNCC1. The predicted molar refractivity (Wildman–Crippen MR) is 70.0 cm³/mol. The van der Waals surface area contributed by atoms with Crippen LogP contribution in [-0.4, -0.2) is 48.0 Å². The van der Waals surface area contributed by atoms with Gasteiger partial charge in [0.25, 0.3) is 0 Å². The summed E-state index contributed by atoms with van der Waals surface area (Å²) in [6.45, 7) is 6.22. The minimum atomic E-state index is -0.0733. The summed E-state index contributed by atoms with van der Waals surface area (Å²) in [4.78, 5) is 18.4. The number of aromatic nitrogens is 1. The van der Waals surface area contributed by atoms with E-state index in [0.717, 1.165) is 31.9 Å². The minimum absolute atomic E-state index is 0.0718. The highest BCUT2D eigenvalue weighted by atomic mass is 16.2. The average molecular weight is 248 g/mol. The van der Waals surface area contributed by atoms with Crippen LogP contribution in [0.3, 0.4) is 0 Å². The molecule has 18 heavy (non-hydrogen) atoms. The van der Waals surface area contributed by atoms with Crippen molar-refractivity contribution < 1.29 is 4.79 Å². The smallest absolute Gasteiger partial charge is 0.237 e. The summed E-state index contributed by atoms with van der Waals surface area (Å²) in [5.41, 5.74) is 0.887. The number of hydrogen-bond donors (Lipinski definition) is 2. The molecule has 1 amide bonds. The fourth-order valence-corrected chi connectivity index (χ4v) is 2.06. The zero-order valence-corrected chi connectivity index (χ0v) is 10.7. The Labute approximate surface area is 108 Å². The van der Waals surface area contributed by atoms with E-state index in [1.165, 1.54) is 0 Å². The molecule has 1 aliphatic heterocycles. The lowest BCUT2D eigenvalue weighted by Crippen LogP contribution is -2.52. The number of hydrogen-bond acceptors (Lipinski definition) is 4. The number of rotatable bonds is 4. The minimum Gasteiger partial charge on any atom is -0.349 e. The quantitative estimate of drug-likeness (QED) is 0.787. The van der Waals surface area contributed by atoms with E-state index in [9.17, 15) is 4.79 Å². The first-order valence-corrected chi connectivity index (χ1v) is 6.40. The van der Waals surface area contributed by atoms with E-state index >= 15 is 0 Å². The van der Waals surface area contributed by atoms with Crippen molar-refractivity contribution in [3.05, 3.63) is 30.1 Å². The molecule has 0 saturated carbocycles. The highest BCUT2D eigenvalue weighted by molar-refractivity contribution is 5.81. The van der Waals surface area contributed by atoms with Gasteiger partial charge in [-0.1, -0.05) is 6.07 Å². The van der Waals surface area contributed by atoms with Crippen molar-refractivity contribution in [3.8, 4) is 0 Å². The van der Waals surface area contributed by atoms with Gasteiger partial charge in [0.1, 0.15) is 0 Å². The summed E-state index contributed by atoms with van der Waals surface area (Å²) in [5, 5.41) is 6.22. The summed E-state index contributed by atoms with van der Waals surface area (Å²) in [6, 6.07) is 5.63. The molecule has 1 fully saturated rings. The Bertz CT molecular complexity index is 376. The second kappa shape index (κ2) is 6.47. The Kier molecular flexibility index (Phi) is 4.66. The van der Waals surface area contributed by atoms with Gasteiger partial charge in [-0.25, -0.2) is 0 Å². The van der Waals surface area contributed by atoms with Crippen molar-refractivity contribution in [2.24, 2.45) is 0 Å². The van der Waals surface area contributed by atoms with Crippen LogP contribution in [0.2, 0.25) is 0 Å². The number of nitrogens with zero attached hydrogens (tertiary/aromatic N) is 2. The first-order valence-electron chi connectivity index (χ1n) is 6.40. The maximum atomic E-state index is 12.0. The van der Waals surface area contributed by atoms with Crippen LogP contribution in [0.4, 0.5) is 0 Å². The first-order chi connectivity index (χ1) is 8.77. The third-order valence-electron chi connectivity index (χ3n) is 3.25. The predicted octanol–water partition coefficient (Wildman–Crippen LogP) is -0.00850. The standard InChI is InChI=1S/C13H20N4O/c1-11(17-8-6-14-7-9-17)13(18)16-10-12-4-2-3-5-15-12/h2-5,11,14H,6-10H2,1H3,(H,16,18). The van der Waals surface area contributed by atoms with Crippen molar-refractivity contribution >= 4 is 5.91 Å². The molecule has 0 bridgehead atoms. The Morgan fingerprint density at radius 3 is 2.94 bits per heavy atom. The van der Waals surface area contributed by atoms with Gasteiger partial charge in [-0.3, -0.25) is 14.7 Å². The fraction of sp³-hybridized carbons (Fsp3) is 0.538. The summed E-state index contributed by atoms with van der Waals surface area (Å²) < 4.78 is 0. The molecule has 2 N–H and O–H groups in total. The zero-order valence-electron chi connectivity index (χ0n) is 10.7. The Balaban J connectivity index is 1.80. The van der Waals surface area contributed by atoms with Gasteiger partial charge < -0.3 is 10.6 Å². The van der Waals surface area contributed by atoms with Crippen molar-refractivity contribution in [2.45, 2.75) is 19.5 Å². The zero-order chi connectivity index (χ0) is 12.8. The third kappa shape index (κ3) is 3.51. The fourth-order valence-electron chi connectivity index (χ4n) is 2.06. The largest absolute Gasteiger partial charge is 0.349 e. The number of pyridine rings is 1. The van der Waals surface area contributed by atoms with E-state index in [1.54, 1.807) is 6.20 Å². The third-order valence-corrected chi connectivity index (χ3v) is 3.25. The molecule has 0 aliphatic carbocycles. The Morgan fingerprint density at radius 1 is 1.50 bits per heavy atom. The van der Waals surface area contributed by atoms with Crippen LogP contribution in [0.15, 0.2) is 24.4 Å². The number of piperazine rings is 1. The van der Waals surface area contributed by atoms with Gasteiger partial charge in [-0.15, -0.1) is 0 Å². The number of amides is 1. The summed E-state index contributed by atoms with van der Waals surface area (Å²) in [6.07, 6.45) is 1.74. The molecule has 1 atom stereocenters. The first kappa shape index (κ1) is 13.0. The van der Waals surface area contributed by atoms with Crippen LogP contribution in [0.1, 0.15) is 12.6 Å². The van der Waals surface area contributed by atoms with Gasteiger partial charge in [0.15, 0.2) is 0 Å². The lowest BCUT2D eigenvalue weighted by molar-refractivity contribution is -0.126. The number of carbonyl (C=O) groups excluding carboxylic acids is 1. The van der Waals surface area contributed by atoms with E-state index in [4.69, 9.17) is 0 Å². The van der Waals surface area contributed by atoms with Crippen molar-refractivity contribution in [1.29, 1.82) is 0 Å². The molecule has 5 nitrogen and oxygen atoms in total. The van der Waals surface area contributed by atoms with Gasteiger partial charge in [-0.2, -0.15) is 0 Å². The topological polar surface area (TPSA) is 57.3 Å². The molecule has 0 radical (unpaired) electrons. The van der Waals surface area contributed by atoms with Crippen LogP contribution in [0, 0.1) is 0 Å². The summed E-state index contributed by atoms with van der Waals surface area (Å²) in [7, 11) is 0. The molecular formula is C13H20N4O. The second-order valence-corrected chi connectivity index (χ2v) is 4.50. The molecule has 1 aliphatic rings. The monoisotopic (exact) mass is 248 g/mol. The van der Waals surface area contributed by atoms with Crippen LogP contribution < -0.4 is 10.6 Å². The molecule has 1 unspecified atom stereocenters. The molecule has 98 valence electrons. The Hall–Kier alpha value is -1.46. The molecular weight excluding hydrogens is 228 g/mol. The van der Waals surface area contributed by atoms with E-state index in [1.807, 2.05) is 25.1 Å². The van der Waals surface area contributed by atoms with Gasteiger partial charge in [0.2, 0.25) is 5.91 Å². The molecule has 2 heterocycles. The molecule has 1 aromatic heterocycles. The lowest BCUT2D eigenvalue weighted by Gasteiger charge is -2.31. The van der Waals surface area contributed by atoms with Gasteiger partial charge in [-0.05, 0) is 19.1 Å². The van der Waals surface area contributed by atoms with Crippen molar-refractivity contribution in [1.82, 2.24) is 20.5 Å². The van der Waals surface area contributed by atoms with Crippen molar-refractivity contribution in [2.75, 3.05) is 26.2 Å². The Morgan fingerprint density at radius 2 is 2.28 bits per heavy atom. The molecule has 0 aromatic carbocycles. The van der Waals surface area contributed by atoms with E-state index in [0.29, 0.717) is 6.54 Å². The normalized spacial score (nSPS) is 18.3. The molecule has 0 spiro atoms. The van der Waals surface area contributed by atoms with E-state index in [-0.39, 0.29) is 11.9 Å². The maximum Gasteiger partial charge on any atom is 0.237 e. The number of carbonyl (C=O) groups is 1. The molecule has 5 heteroatoms. The summed E-state index contributed by atoms with van der Waals surface area (Å²) >= 11 is 0. The number of nitrogens with one attached hydrogen (secondary N) is 2. The van der Waals surface area contributed by atoms with Crippen LogP contribution in [0.25, 0.3) is 0 Å². The van der Waals surface area contributed by atoms with Gasteiger partial charge >= 0.3 is 0 Å².